The van der Waals surface area contributed by atoms with E-state index in [1.54, 1.807) is 20.8 Å². The molecule has 0 bridgehead atoms. The van der Waals surface area contributed by atoms with Crippen molar-refractivity contribution in [3.05, 3.63) is 23.8 Å². The number of phenols is 1. The van der Waals surface area contributed by atoms with Gasteiger partial charge >= 0.3 is 19.2 Å². The number of nitrogens with one attached hydrogen (secondary N) is 1. The van der Waals surface area contributed by atoms with Crippen LogP contribution in [0.3, 0.4) is 0 Å². The molecule has 0 spiro atoms. The van der Waals surface area contributed by atoms with Crippen LogP contribution in [0.4, 0.5) is 4.79 Å². The van der Waals surface area contributed by atoms with Crippen molar-refractivity contribution in [3.8, 4) is 5.75 Å². The van der Waals surface area contributed by atoms with Gasteiger partial charge in [0.2, 0.25) is 0 Å². The Morgan fingerprint density at radius 3 is 2.39 bits per heavy atom. The molecular formula is C14H20BNO7. The molecule has 126 valence electrons. The van der Waals surface area contributed by atoms with E-state index in [1.807, 2.05) is 0 Å². The van der Waals surface area contributed by atoms with Crippen LogP contribution in [0.25, 0.3) is 0 Å². The Morgan fingerprint density at radius 1 is 1.30 bits per heavy atom. The minimum absolute atomic E-state index is 0.116. The monoisotopic (exact) mass is 325 g/mol. The molecule has 1 amide bonds. The van der Waals surface area contributed by atoms with Gasteiger partial charge in [0, 0.05) is 11.9 Å². The Balaban J connectivity index is 2.87. The van der Waals surface area contributed by atoms with Gasteiger partial charge in [0.25, 0.3) is 0 Å². The Labute approximate surface area is 133 Å². The quantitative estimate of drug-likeness (QED) is 0.464. The fourth-order valence-electron chi connectivity index (χ4n) is 1.82. The third kappa shape index (κ3) is 6.17. The first kappa shape index (κ1) is 18.8. The van der Waals surface area contributed by atoms with Gasteiger partial charge in [-0.25, -0.2) is 9.59 Å². The van der Waals surface area contributed by atoms with E-state index < -0.39 is 30.8 Å². The van der Waals surface area contributed by atoms with Crippen LogP contribution in [-0.4, -0.2) is 51.1 Å². The first-order valence-corrected chi connectivity index (χ1v) is 6.90. The van der Waals surface area contributed by atoms with Crippen molar-refractivity contribution in [3.63, 3.8) is 0 Å². The fourth-order valence-corrected chi connectivity index (χ4v) is 1.82. The van der Waals surface area contributed by atoms with E-state index in [4.69, 9.17) is 14.8 Å². The average Bonchev–Trinajstić information content (AvgIpc) is 2.37. The second kappa shape index (κ2) is 7.34. The van der Waals surface area contributed by atoms with Crippen LogP contribution in [0.15, 0.2) is 18.2 Å². The second-order valence-electron chi connectivity index (χ2n) is 6.01. The number of aliphatic carboxylic acids is 1. The molecule has 1 atom stereocenters. The summed E-state index contributed by atoms with van der Waals surface area (Å²) in [6, 6.07) is 2.63. The van der Waals surface area contributed by atoms with Gasteiger partial charge in [0.05, 0.1) is 0 Å². The van der Waals surface area contributed by atoms with E-state index in [9.17, 15) is 19.8 Å². The normalized spacial score (nSPS) is 12.4. The zero-order valence-corrected chi connectivity index (χ0v) is 13.1. The number of amides is 1. The number of aromatic hydroxyl groups is 1. The van der Waals surface area contributed by atoms with Crippen LogP contribution >= 0.6 is 0 Å². The summed E-state index contributed by atoms with van der Waals surface area (Å²) in [5.41, 5.74) is -0.516. The van der Waals surface area contributed by atoms with Gasteiger partial charge < -0.3 is 30.3 Å². The van der Waals surface area contributed by atoms with Crippen LogP contribution < -0.4 is 10.8 Å². The van der Waals surface area contributed by atoms with E-state index >= 15 is 0 Å². The Hall–Kier alpha value is -2.26. The van der Waals surface area contributed by atoms with E-state index in [2.05, 4.69) is 5.32 Å². The average molecular weight is 325 g/mol. The number of benzene rings is 1. The molecule has 8 nitrogen and oxygen atoms in total. The lowest BCUT2D eigenvalue weighted by molar-refractivity contribution is -0.139. The molecule has 9 heteroatoms. The van der Waals surface area contributed by atoms with Crippen molar-refractivity contribution in [2.45, 2.75) is 38.8 Å². The van der Waals surface area contributed by atoms with Gasteiger partial charge in [-0.3, -0.25) is 0 Å². The molecule has 1 aromatic rings. The topological polar surface area (TPSA) is 136 Å². The SMILES string of the molecule is CC(C)(C)OC(=O)N[C@@H](Cc1ccc(O)c(B(O)O)c1)C(=O)O. The summed E-state index contributed by atoms with van der Waals surface area (Å²) in [5, 5.41) is 39.2. The molecule has 5 N–H and O–H groups in total. The highest BCUT2D eigenvalue weighted by Crippen LogP contribution is 2.12. The minimum Gasteiger partial charge on any atom is -0.508 e. The molecule has 0 saturated carbocycles. The number of carboxylic acid groups (broad SMARTS) is 1. The van der Waals surface area contributed by atoms with Crippen molar-refractivity contribution in [2.24, 2.45) is 0 Å². The highest BCUT2D eigenvalue weighted by atomic mass is 16.6. The molecule has 0 fully saturated rings. The number of rotatable bonds is 5. The van der Waals surface area contributed by atoms with Crippen LogP contribution in [0, 0.1) is 0 Å². The van der Waals surface area contributed by atoms with Crippen molar-refractivity contribution in [1.82, 2.24) is 5.32 Å². The van der Waals surface area contributed by atoms with E-state index in [1.165, 1.54) is 18.2 Å². The first-order valence-electron chi connectivity index (χ1n) is 6.90. The molecule has 0 aliphatic carbocycles. The number of carboxylic acids is 1. The maximum absolute atomic E-state index is 11.7. The molecular weight excluding hydrogens is 305 g/mol. The molecule has 0 saturated heterocycles. The van der Waals surface area contributed by atoms with E-state index in [0.717, 1.165) is 0 Å². The zero-order valence-electron chi connectivity index (χ0n) is 13.1. The molecule has 0 radical (unpaired) electrons. The number of carbonyl (C=O) groups is 2. The van der Waals surface area contributed by atoms with Gasteiger partial charge in [-0.15, -0.1) is 0 Å². The zero-order chi connectivity index (χ0) is 17.8. The standard InChI is InChI=1S/C14H20BNO7/c1-14(2,3)23-13(20)16-10(12(18)19)7-8-4-5-11(17)9(6-8)15(21)22/h4-6,10,17,21-22H,7H2,1-3H3,(H,16,20)(H,18,19)/t10-/m0/s1. The third-order valence-electron chi connectivity index (χ3n) is 2.80. The number of hydrogen-bond donors (Lipinski definition) is 5. The van der Waals surface area contributed by atoms with E-state index in [-0.39, 0.29) is 17.6 Å². The lowest BCUT2D eigenvalue weighted by Gasteiger charge is -2.22. The van der Waals surface area contributed by atoms with Gasteiger partial charge in [-0.1, -0.05) is 12.1 Å². The maximum atomic E-state index is 11.7. The first-order chi connectivity index (χ1) is 10.5. The molecule has 1 aromatic carbocycles. The number of hydrogen-bond acceptors (Lipinski definition) is 6. The number of alkyl carbamates (subject to hydrolysis) is 1. The minimum atomic E-state index is -1.89. The lowest BCUT2D eigenvalue weighted by Crippen LogP contribution is -2.44. The Kier molecular flexibility index (Phi) is 6.00. The molecule has 0 aromatic heterocycles. The number of phenolic OH excluding ortho intramolecular Hbond substituents is 1. The van der Waals surface area contributed by atoms with Gasteiger partial charge in [-0.05, 0) is 32.4 Å². The summed E-state index contributed by atoms with van der Waals surface area (Å²) in [4.78, 5) is 22.9. The molecule has 0 aliphatic rings. The Morgan fingerprint density at radius 2 is 1.91 bits per heavy atom. The smallest absolute Gasteiger partial charge is 0.492 e. The van der Waals surface area contributed by atoms with Crippen LogP contribution in [0.1, 0.15) is 26.3 Å². The summed E-state index contributed by atoms with van der Waals surface area (Å²) in [7, 11) is -1.89. The van der Waals surface area contributed by atoms with Gasteiger partial charge in [0.1, 0.15) is 17.4 Å². The van der Waals surface area contributed by atoms with Crippen LogP contribution in [-0.2, 0) is 16.0 Å². The van der Waals surface area contributed by atoms with Gasteiger partial charge in [0.15, 0.2) is 0 Å². The van der Waals surface area contributed by atoms with Crippen molar-refractivity contribution in [2.75, 3.05) is 0 Å². The lowest BCUT2D eigenvalue weighted by atomic mass is 9.78. The molecule has 0 unspecified atom stereocenters. The third-order valence-corrected chi connectivity index (χ3v) is 2.80. The number of carbonyl (C=O) groups excluding carboxylic acids is 1. The second-order valence-corrected chi connectivity index (χ2v) is 6.01. The summed E-state index contributed by atoms with van der Waals surface area (Å²) in [6.07, 6.45) is -0.986. The summed E-state index contributed by atoms with van der Waals surface area (Å²) in [6.45, 7) is 4.95. The number of ether oxygens (including phenoxy) is 1. The molecule has 0 aliphatic heterocycles. The predicted molar refractivity (Wildman–Crippen MR) is 82.4 cm³/mol. The predicted octanol–water partition coefficient (Wildman–Crippen LogP) is -0.408. The molecule has 0 heterocycles. The highest BCUT2D eigenvalue weighted by Gasteiger charge is 2.25. The van der Waals surface area contributed by atoms with Gasteiger partial charge in [-0.2, -0.15) is 0 Å². The summed E-state index contributed by atoms with van der Waals surface area (Å²) in [5.74, 6) is -1.59. The van der Waals surface area contributed by atoms with Crippen LogP contribution in [0.5, 0.6) is 5.75 Å². The fraction of sp³-hybridized carbons (Fsp3) is 0.429. The largest absolute Gasteiger partial charge is 0.508 e. The summed E-state index contributed by atoms with van der Waals surface area (Å²) < 4.78 is 5.00. The summed E-state index contributed by atoms with van der Waals surface area (Å²) >= 11 is 0. The highest BCUT2D eigenvalue weighted by molar-refractivity contribution is 6.59. The maximum Gasteiger partial charge on any atom is 0.492 e. The van der Waals surface area contributed by atoms with Crippen LogP contribution in [0.2, 0.25) is 0 Å². The Bertz CT molecular complexity index is 583. The van der Waals surface area contributed by atoms with Crippen molar-refractivity contribution in [1.29, 1.82) is 0 Å². The van der Waals surface area contributed by atoms with Crippen molar-refractivity contribution >= 4 is 24.6 Å². The van der Waals surface area contributed by atoms with E-state index in [0.29, 0.717) is 5.56 Å². The molecule has 23 heavy (non-hydrogen) atoms. The van der Waals surface area contributed by atoms with Crippen molar-refractivity contribution < 1.29 is 34.6 Å². The molecule has 1 rings (SSSR count).